The number of sulfone groups is 1. The zero-order chi connectivity index (χ0) is 27.0. The van der Waals surface area contributed by atoms with Crippen LogP contribution in [0.1, 0.15) is 0 Å². The Kier molecular flexibility index (Phi) is 7.14. The summed E-state index contributed by atoms with van der Waals surface area (Å²) in [6.45, 7) is 2.23. The maximum atomic E-state index is 13.5. The Bertz CT molecular complexity index is 1370. The maximum absolute atomic E-state index is 13.5. The Hall–Kier alpha value is -3.30. The van der Waals surface area contributed by atoms with Crippen molar-refractivity contribution in [2.24, 2.45) is 0 Å². The maximum Gasteiger partial charge on any atom is 0.573 e. The minimum absolute atomic E-state index is 0.0405. The fraction of sp³-hybridized carbons (Fsp3) is 0.318. The van der Waals surface area contributed by atoms with Gasteiger partial charge in [0.25, 0.3) is 0 Å². The minimum atomic E-state index is -4.98. The molecule has 0 amide bonds. The number of hydrazine groups is 1. The molecule has 8 nitrogen and oxygen atoms in total. The van der Waals surface area contributed by atoms with Gasteiger partial charge in [0.05, 0.1) is 16.1 Å². The first-order valence-electron chi connectivity index (χ1n) is 10.7. The molecule has 4 rings (SSSR count). The second-order valence-electron chi connectivity index (χ2n) is 8.15. The molecule has 15 heteroatoms. The molecule has 0 unspecified atom stereocenters. The first kappa shape index (κ1) is 26.8. The Morgan fingerprint density at radius 2 is 1.43 bits per heavy atom. The van der Waals surface area contributed by atoms with Crippen LogP contribution in [0.4, 0.5) is 32.0 Å². The fourth-order valence-corrected chi connectivity index (χ4v) is 5.06. The van der Waals surface area contributed by atoms with Crippen LogP contribution < -0.4 is 14.9 Å². The van der Waals surface area contributed by atoms with Crippen molar-refractivity contribution in [3.05, 3.63) is 48.7 Å². The lowest BCUT2D eigenvalue weighted by Gasteiger charge is -2.33. The lowest BCUT2D eigenvalue weighted by atomic mass is 10.2. The second kappa shape index (κ2) is 9.87. The van der Waals surface area contributed by atoms with E-state index < -0.39 is 34.1 Å². The smallest absolute Gasteiger partial charge is 0.406 e. The number of hydrogen-bond acceptors (Lipinski definition) is 8. The molecule has 2 heterocycles. The van der Waals surface area contributed by atoms with Gasteiger partial charge in [-0.15, -0.1) is 26.3 Å². The predicted molar refractivity (Wildman–Crippen MR) is 120 cm³/mol. The number of alkyl halides is 6. The van der Waals surface area contributed by atoms with Gasteiger partial charge in [0.15, 0.2) is 0 Å². The van der Waals surface area contributed by atoms with Crippen LogP contribution in [-0.2, 0) is 9.84 Å². The van der Waals surface area contributed by atoms with E-state index in [4.69, 9.17) is 0 Å². The van der Waals surface area contributed by atoms with Gasteiger partial charge in [-0.05, 0) is 49.5 Å². The SMILES string of the molecule is CN1CCN(Nc2c(S(=O)(=O)c3ccc(OC(F)(F)F)cc3)cnc3ccc(OC(F)(F)F)cc23)CC1. The number of anilines is 1. The molecule has 2 aromatic carbocycles. The van der Waals surface area contributed by atoms with Crippen molar-refractivity contribution in [3.63, 3.8) is 0 Å². The Morgan fingerprint density at radius 3 is 2.03 bits per heavy atom. The molecule has 1 aliphatic heterocycles. The highest BCUT2D eigenvalue weighted by Crippen LogP contribution is 2.37. The molecule has 1 aromatic heterocycles. The van der Waals surface area contributed by atoms with Gasteiger partial charge in [0, 0.05) is 37.8 Å². The summed E-state index contributed by atoms with van der Waals surface area (Å²) in [7, 11) is -2.49. The number of halogens is 6. The number of rotatable bonds is 6. The normalized spacial score (nSPS) is 16.1. The number of piperazine rings is 1. The van der Waals surface area contributed by atoms with Gasteiger partial charge in [-0.25, -0.2) is 13.4 Å². The van der Waals surface area contributed by atoms with E-state index in [0.29, 0.717) is 26.2 Å². The number of nitrogens with zero attached hydrogens (tertiary/aromatic N) is 3. The van der Waals surface area contributed by atoms with Crippen LogP contribution in [0.5, 0.6) is 11.5 Å². The summed E-state index contributed by atoms with van der Waals surface area (Å²) in [4.78, 5) is 5.38. The molecular weight excluding hydrogens is 530 g/mol. The Labute approximate surface area is 207 Å². The van der Waals surface area contributed by atoms with E-state index in [1.54, 1.807) is 5.01 Å². The fourth-order valence-electron chi connectivity index (χ4n) is 3.69. The number of fused-ring (bicyclic) bond motifs is 1. The number of likely N-dealkylation sites (N-methyl/N-ethyl adjacent to an activating group) is 1. The average Bonchev–Trinajstić information content (AvgIpc) is 2.79. The number of hydrogen-bond donors (Lipinski definition) is 1. The Balaban J connectivity index is 1.80. The number of nitrogens with one attached hydrogen (secondary N) is 1. The largest absolute Gasteiger partial charge is 0.573 e. The first-order valence-corrected chi connectivity index (χ1v) is 12.2. The van der Waals surface area contributed by atoms with Gasteiger partial charge < -0.3 is 19.8 Å². The summed E-state index contributed by atoms with van der Waals surface area (Å²) in [5.74, 6) is -1.20. The molecule has 1 fully saturated rings. The van der Waals surface area contributed by atoms with Gasteiger partial charge in [-0.1, -0.05) is 0 Å². The standard InChI is InChI=1S/C22H20F6N4O4S/c1-31-8-10-32(11-9-31)30-20-17-12-15(36-22(26,27)28)4-7-18(17)29-13-19(20)37(33,34)16-5-2-14(3-6-16)35-21(23,24)25/h2-7,12-13H,8-11H2,1H3,(H,29,30). The van der Waals surface area contributed by atoms with E-state index in [2.05, 4.69) is 19.9 Å². The summed E-state index contributed by atoms with van der Waals surface area (Å²) in [6, 6.07) is 6.89. The molecule has 0 bridgehead atoms. The predicted octanol–water partition coefficient (Wildman–Crippen LogP) is 4.44. The van der Waals surface area contributed by atoms with Crippen molar-refractivity contribution in [1.82, 2.24) is 14.9 Å². The van der Waals surface area contributed by atoms with Crippen LogP contribution in [0, 0.1) is 0 Å². The van der Waals surface area contributed by atoms with E-state index in [9.17, 15) is 34.8 Å². The number of benzene rings is 2. The summed E-state index contributed by atoms with van der Waals surface area (Å²) in [5.41, 5.74) is 3.15. The zero-order valence-electron chi connectivity index (χ0n) is 19.1. The molecule has 1 N–H and O–H groups in total. The van der Waals surface area contributed by atoms with Gasteiger partial charge in [0.1, 0.15) is 16.4 Å². The van der Waals surface area contributed by atoms with E-state index >= 15 is 0 Å². The van der Waals surface area contributed by atoms with Crippen LogP contribution in [0.25, 0.3) is 10.9 Å². The zero-order valence-corrected chi connectivity index (χ0v) is 19.9. The van der Waals surface area contributed by atoms with Crippen LogP contribution >= 0.6 is 0 Å². The third-order valence-corrected chi connectivity index (χ3v) is 7.25. The molecule has 3 aromatic rings. The second-order valence-corrected chi connectivity index (χ2v) is 10.1. The van der Waals surface area contributed by atoms with E-state index in [-0.39, 0.29) is 26.4 Å². The van der Waals surface area contributed by atoms with Crippen molar-refractivity contribution < 1.29 is 44.2 Å². The van der Waals surface area contributed by atoms with Crippen molar-refractivity contribution >= 4 is 26.4 Å². The highest BCUT2D eigenvalue weighted by Gasteiger charge is 2.33. The summed E-state index contributed by atoms with van der Waals surface area (Å²) in [6.07, 6.45) is -8.89. The molecular formula is C22H20F6N4O4S. The van der Waals surface area contributed by atoms with Crippen molar-refractivity contribution in [1.29, 1.82) is 0 Å². The summed E-state index contributed by atoms with van der Waals surface area (Å²) < 4.78 is 111. The van der Waals surface area contributed by atoms with Crippen molar-refractivity contribution in [2.75, 3.05) is 38.7 Å². The molecule has 0 atom stereocenters. The average molecular weight is 550 g/mol. The third kappa shape index (κ3) is 6.53. The monoisotopic (exact) mass is 550 g/mol. The highest BCUT2D eigenvalue weighted by atomic mass is 32.2. The molecule has 0 spiro atoms. The van der Waals surface area contributed by atoms with Crippen LogP contribution in [0.2, 0.25) is 0 Å². The van der Waals surface area contributed by atoms with Gasteiger partial charge in [-0.2, -0.15) is 0 Å². The van der Waals surface area contributed by atoms with Gasteiger partial charge >= 0.3 is 12.7 Å². The lowest BCUT2D eigenvalue weighted by molar-refractivity contribution is -0.275. The topological polar surface area (TPSA) is 84.0 Å². The van der Waals surface area contributed by atoms with Crippen LogP contribution in [0.15, 0.2) is 58.5 Å². The molecule has 37 heavy (non-hydrogen) atoms. The van der Waals surface area contributed by atoms with Crippen molar-refractivity contribution in [2.45, 2.75) is 22.5 Å². The third-order valence-electron chi connectivity index (χ3n) is 5.47. The first-order chi connectivity index (χ1) is 17.2. The number of ether oxygens (including phenoxy) is 2. The lowest BCUT2D eigenvalue weighted by Crippen LogP contribution is -2.47. The molecule has 200 valence electrons. The number of aromatic nitrogens is 1. The van der Waals surface area contributed by atoms with E-state index in [0.717, 1.165) is 42.6 Å². The summed E-state index contributed by atoms with van der Waals surface area (Å²) >= 11 is 0. The quantitative estimate of drug-likeness (QED) is 0.452. The number of pyridine rings is 1. The van der Waals surface area contributed by atoms with Gasteiger partial charge in [-0.3, -0.25) is 4.98 Å². The summed E-state index contributed by atoms with van der Waals surface area (Å²) in [5, 5.41) is 1.75. The molecule has 0 radical (unpaired) electrons. The molecule has 1 aliphatic rings. The van der Waals surface area contributed by atoms with Gasteiger partial charge in [0.2, 0.25) is 9.84 Å². The van der Waals surface area contributed by atoms with E-state index in [1.165, 1.54) is 6.07 Å². The molecule has 0 saturated carbocycles. The van der Waals surface area contributed by atoms with E-state index in [1.807, 2.05) is 11.9 Å². The van der Waals surface area contributed by atoms with Crippen LogP contribution in [-0.4, -0.2) is 69.3 Å². The Morgan fingerprint density at radius 1 is 0.865 bits per heavy atom. The van der Waals surface area contributed by atoms with Crippen LogP contribution in [0.3, 0.4) is 0 Å². The minimum Gasteiger partial charge on any atom is -0.406 e. The molecule has 1 saturated heterocycles. The highest BCUT2D eigenvalue weighted by molar-refractivity contribution is 7.91. The van der Waals surface area contributed by atoms with Crippen molar-refractivity contribution in [3.8, 4) is 11.5 Å². The molecule has 0 aliphatic carbocycles.